The standard InChI is InChI=1S/C26H20N4O3.C5H8O/c1-2-15-29-22(28-21-9-4-3-6-19(21)24(29)31)12-16-30-25(32)20-8-5-7-18(23(20)26(30)33)17-10-13-27-14-11-17;1-4-5(2)6-3/h2-11,13-15H,12,16H2,1H3;4H,1-2H2,3H3/b15-2+;. The number of para-hydroxylation sites is 1. The number of pyridine rings is 1. The van der Waals surface area contributed by atoms with Crippen LogP contribution in [0.15, 0.2) is 103 Å². The smallest absolute Gasteiger partial charge is 0.265 e. The molecule has 0 fully saturated rings. The van der Waals surface area contributed by atoms with E-state index in [4.69, 9.17) is 0 Å². The summed E-state index contributed by atoms with van der Waals surface area (Å²) in [4.78, 5) is 49.2. The Morgan fingerprint density at radius 2 is 1.69 bits per heavy atom. The summed E-state index contributed by atoms with van der Waals surface area (Å²) < 4.78 is 6.06. The SMILES string of the molecule is C/C=C/n1c(CCN2C(=O)c3cccc(-c4ccncc4)c3C2=O)nc2ccccc2c1=O.C=CC(=C)OC. The normalized spacial score (nSPS) is 12.3. The van der Waals surface area contributed by atoms with Crippen LogP contribution in [-0.4, -0.2) is 44.9 Å². The Kier molecular flexibility index (Phi) is 8.26. The highest BCUT2D eigenvalue weighted by Gasteiger charge is 2.37. The van der Waals surface area contributed by atoms with Gasteiger partial charge in [0.25, 0.3) is 17.4 Å². The molecule has 0 bridgehead atoms. The lowest BCUT2D eigenvalue weighted by atomic mass is 9.97. The molecule has 2 aromatic heterocycles. The largest absolute Gasteiger partial charge is 0.497 e. The van der Waals surface area contributed by atoms with Gasteiger partial charge in [0.1, 0.15) is 11.6 Å². The molecule has 0 saturated carbocycles. The molecule has 4 aromatic rings. The first-order valence-electron chi connectivity index (χ1n) is 12.3. The highest BCUT2D eigenvalue weighted by molar-refractivity contribution is 6.24. The third-order valence-corrected chi connectivity index (χ3v) is 6.22. The predicted octanol–water partition coefficient (Wildman–Crippen LogP) is 5.12. The average Bonchev–Trinajstić information content (AvgIpc) is 3.22. The summed E-state index contributed by atoms with van der Waals surface area (Å²) in [6, 6.07) is 16.0. The zero-order chi connectivity index (χ0) is 27.9. The fourth-order valence-corrected chi connectivity index (χ4v) is 4.27. The number of ether oxygens (including phenoxy) is 1. The van der Waals surface area contributed by atoms with E-state index in [9.17, 15) is 14.4 Å². The van der Waals surface area contributed by atoms with Crippen LogP contribution in [0.25, 0.3) is 28.2 Å². The predicted molar refractivity (Wildman–Crippen MR) is 152 cm³/mol. The van der Waals surface area contributed by atoms with Crippen LogP contribution >= 0.6 is 0 Å². The molecule has 1 aliphatic heterocycles. The number of methoxy groups -OCH3 is 1. The summed E-state index contributed by atoms with van der Waals surface area (Å²) in [5.74, 6) is 0.410. The van der Waals surface area contributed by atoms with Crippen LogP contribution in [0.1, 0.15) is 33.5 Å². The first-order valence-corrected chi connectivity index (χ1v) is 12.3. The van der Waals surface area contributed by atoms with E-state index in [2.05, 4.69) is 27.9 Å². The number of hydrogen-bond acceptors (Lipinski definition) is 6. The van der Waals surface area contributed by atoms with Crippen LogP contribution in [0.2, 0.25) is 0 Å². The fourth-order valence-electron chi connectivity index (χ4n) is 4.27. The molecule has 8 heteroatoms. The number of carbonyl (C=O) groups is 2. The Hall–Kier alpha value is -5.11. The zero-order valence-corrected chi connectivity index (χ0v) is 21.8. The van der Waals surface area contributed by atoms with Crippen LogP contribution in [0.4, 0.5) is 0 Å². The van der Waals surface area contributed by atoms with E-state index >= 15 is 0 Å². The summed E-state index contributed by atoms with van der Waals surface area (Å²) in [6.45, 7) is 8.79. The van der Waals surface area contributed by atoms with E-state index in [0.29, 0.717) is 39.2 Å². The van der Waals surface area contributed by atoms with Crippen LogP contribution in [-0.2, 0) is 11.2 Å². The topological polar surface area (TPSA) is 94.4 Å². The molecule has 0 atom stereocenters. The quantitative estimate of drug-likeness (QED) is 0.191. The van der Waals surface area contributed by atoms with Gasteiger partial charge in [-0.2, -0.15) is 0 Å². The van der Waals surface area contributed by atoms with Gasteiger partial charge in [-0.25, -0.2) is 4.98 Å². The lowest BCUT2D eigenvalue weighted by Gasteiger charge is -2.15. The molecular weight excluding hydrogens is 492 g/mol. The van der Waals surface area contributed by atoms with Gasteiger partial charge in [0.15, 0.2) is 0 Å². The maximum atomic E-state index is 13.3. The lowest BCUT2D eigenvalue weighted by molar-refractivity contribution is 0.0655. The molecule has 2 amide bonds. The minimum absolute atomic E-state index is 0.116. The number of fused-ring (bicyclic) bond motifs is 2. The van der Waals surface area contributed by atoms with E-state index in [1.54, 1.807) is 68.2 Å². The molecule has 8 nitrogen and oxygen atoms in total. The molecule has 196 valence electrons. The Bertz CT molecular complexity index is 1650. The van der Waals surface area contributed by atoms with Gasteiger partial charge in [-0.15, -0.1) is 0 Å². The monoisotopic (exact) mass is 520 g/mol. The number of rotatable bonds is 7. The van der Waals surface area contributed by atoms with Crippen molar-refractivity contribution in [3.63, 3.8) is 0 Å². The van der Waals surface area contributed by atoms with Crippen molar-refractivity contribution in [2.75, 3.05) is 13.7 Å². The highest BCUT2D eigenvalue weighted by Crippen LogP contribution is 2.32. The summed E-state index contributed by atoms with van der Waals surface area (Å²) in [7, 11) is 1.56. The van der Waals surface area contributed by atoms with Gasteiger partial charge in [-0.1, -0.05) is 43.5 Å². The fraction of sp³-hybridized carbons (Fsp3) is 0.129. The van der Waals surface area contributed by atoms with Crippen molar-refractivity contribution in [3.05, 3.63) is 125 Å². The molecule has 0 saturated heterocycles. The van der Waals surface area contributed by atoms with Crippen LogP contribution in [0, 0.1) is 0 Å². The number of amides is 2. The third-order valence-electron chi connectivity index (χ3n) is 6.22. The number of nitrogens with zero attached hydrogens (tertiary/aromatic N) is 4. The molecule has 39 heavy (non-hydrogen) atoms. The van der Waals surface area contributed by atoms with Crippen molar-refractivity contribution in [2.24, 2.45) is 0 Å². The Morgan fingerprint density at radius 3 is 2.36 bits per heavy atom. The number of imide groups is 1. The van der Waals surface area contributed by atoms with E-state index < -0.39 is 0 Å². The maximum absolute atomic E-state index is 13.3. The van der Waals surface area contributed by atoms with Crippen LogP contribution in [0.5, 0.6) is 0 Å². The number of aromatic nitrogens is 3. The number of benzene rings is 2. The van der Waals surface area contributed by atoms with E-state index in [0.717, 1.165) is 5.56 Å². The average molecular weight is 521 g/mol. The van der Waals surface area contributed by atoms with Gasteiger partial charge in [0.2, 0.25) is 0 Å². The van der Waals surface area contributed by atoms with Crippen molar-refractivity contribution < 1.29 is 14.3 Å². The molecule has 0 spiro atoms. The molecule has 0 radical (unpaired) electrons. The molecule has 1 aliphatic rings. The second-order valence-corrected chi connectivity index (χ2v) is 8.55. The first kappa shape index (κ1) is 26.9. The van der Waals surface area contributed by atoms with Gasteiger partial charge in [-0.05, 0) is 54.5 Å². The van der Waals surface area contributed by atoms with Gasteiger partial charge >= 0.3 is 0 Å². The number of hydrogen-bond donors (Lipinski definition) is 0. The minimum atomic E-state index is -0.344. The molecule has 0 unspecified atom stereocenters. The first-order chi connectivity index (χ1) is 18.9. The van der Waals surface area contributed by atoms with Crippen molar-refractivity contribution in [3.8, 4) is 11.1 Å². The second kappa shape index (κ2) is 12.0. The van der Waals surface area contributed by atoms with Gasteiger partial charge in [-0.3, -0.25) is 28.8 Å². The van der Waals surface area contributed by atoms with Gasteiger partial charge in [0, 0.05) is 31.6 Å². The zero-order valence-electron chi connectivity index (χ0n) is 21.8. The Labute approximate surface area is 226 Å². The van der Waals surface area contributed by atoms with Crippen LogP contribution < -0.4 is 5.56 Å². The highest BCUT2D eigenvalue weighted by atomic mass is 16.5. The van der Waals surface area contributed by atoms with E-state index in [1.807, 2.05) is 31.2 Å². The summed E-state index contributed by atoms with van der Waals surface area (Å²) in [6.07, 6.45) is 8.52. The van der Waals surface area contributed by atoms with E-state index in [-0.39, 0.29) is 30.3 Å². The minimum Gasteiger partial charge on any atom is -0.497 e. The van der Waals surface area contributed by atoms with E-state index in [1.165, 1.54) is 9.47 Å². The molecule has 2 aromatic carbocycles. The molecular formula is C31H28N4O4. The molecule has 0 aliphatic carbocycles. The van der Waals surface area contributed by atoms with Gasteiger partial charge in [0.05, 0.1) is 29.1 Å². The Morgan fingerprint density at radius 1 is 0.974 bits per heavy atom. The number of allylic oxidation sites excluding steroid dienone is 2. The summed E-state index contributed by atoms with van der Waals surface area (Å²) >= 11 is 0. The van der Waals surface area contributed by atoms with Crippen molar-refractivity contribution in [1.82, 2.24) is 19.4 Å². The van der Waals surface area contributed by atoms with Crippen molar-refractivity contribution in [2.45, 2.75) is 13.3 Å². The third kappa shape index (κ3) is 5.45. The Balaban J connectivity index is 0.000000531. The number of carbonyl (C=O) groups excluding carboxylic acids is 2. The molecule has 3 heterocycles. The lowest BCUT2D eigenvalue weighted by Crippen LogP contribution is -2.33. The van der Waals surface area contributed by atoms with Crippen molar-refractivity contribution in [1.29, 1.82) is 0 Å². The summed E-state index contributed by atoms with van der Waals surface area (Å²) in [5, 5.41) is 0.516. The molecule has 0 N–H and O–H groups in total. The van der Waals surface area contributed by atoms with Crippen molar-refractivity contribution >= 4 is 28.9 Å². The molecule has 5 rings (SSSR count). The van der Waals surface area contributed by atoms with Crippen LogP contribution in [0.3, 0.4) is 0 Å². The second-order valence-electron chi connectivity index (χ2n) is 8.55. The summed E-state index contributed by atoms with van der Waals surface area (Å²) in [5.41, 5.74) is 2.70. The van der Waals surface area contributed by atoms with Gasteiger partial charge < -0.3 is 4.74 Å². The maximum Gasteiger partial charge on any atom is 0.265 e.